The molecule has 6 heteroatoms. The van der Waals surface area contributed by atoms with Gasteiger partial charge in [0.1, 0.15) is 0 Å². The van der Waals surface area contributed by atoms with Crippen molar-refractivity contribution in [2.24, 2.45) is 0 Å². The Kier molecular flexibility index (Phi) is 5.15. The van der Waals surface area contributed by atoms with E-state index in [2.05, 4.69) is 4.90 Å². The molecule has 0 unspecified atom stereocenters. The third-order valence-electron chi connectivity index (χ3n) is 3.72. The molecule has 5 nitrogen and oxygen atoms in total. The second-order valence-corrected chi connectivity index (χ2v) is 6.90. The minimum atomic E-state index is -3.38. The molecular formula is C14H22N2O3S. The Hall–Kier alpha value is -0.950. The minimum Gasteiger partial charge on any atom is -0.395 e. The zero-order chi connectivity index (χ0) is 14.6. The second-order valence-electron chi connectivity index (χ2n) is 4.97. The average Bonchev–Trinajstić information content (AvgIpc) is 2.48. The molecule has 1 N–H and O–H groups in total. The molecule has 1 aromatic rings. The summed E-state index contributed by atoms with van der Waals surface area (Å²) in [6, 6.07) is 7.12. The van der Waals surface area contributed by atoms with E-state index in [0.717, 1.165) is 12.0 Å². The van der Waals surface area contributed by atoms with Crippen LogP contribution in [-0.2, 0) is 16.4 Å². The highest BCUT2D eigenvalue weighted by Gasteiger charge is 2.28. The fraction of sp³-hybridized carbons (Fsp3) is 0.571. The number of hydrogen-bond donors (Lipinski definition) is 1. The number of aliphatic hydroxyl groups excluding tert-OH is 1. The van der Waals surface area contributed by atoms with Crippen LogP contribution in [0.4, 0.5) is 0 Å². The van der Waals surface area contributed by atoms with Gasteiger partial charge in [-0.1, -0.05) is 19.1 Å². The molecule has 0 radical (unpaired) electrons. The number of aliphatic hydroxyl groups is 1. The van der Waals surface area contributed by atoms with E-state index >= 15 is 0 Å². The van der Waals surface area contributed by atoms with Crippen molar-refractivity contribution in [3.63, 3.8) is 0 Å². The lowest BCUT2D eigenvalue weighted by Gasteiger charge is -2.33. The number of rotatable bonds is 5. The largest absolute Gasteiger partial charge is 0.395 e. The maximum atomic E-state index is 12.5. The molecule has 0 aliphatic carbocycles. The molecule has 1 saturated heterocycles. The van der Waals surface area contributed by atoms with Crippen LogP contribution in [0.1, 0.15) is 12.5 Å². The third-order valence-corrected chi connectivity index (χ3v) is 5.63. The van der Waals surface area contributed by atoms with Crippen molar-refractivity contribution in [3.8, 4) is 0 Å². The first-order valence-electron chi connectivity index (χ1n) is 7.00. The van der Waals surface area contributed by atoms with Gasteiger partial charge in [-0.3, -0.25) is 4.90 Å². The summed E-state index contributed by atoms with van der Waals surface area (Å²) in [5.74, 6) is 0. The van der Waals surface area contributed by atoms with E-state index in [1.54, 1.807) is 12.1 Å². The maximum absolute atomic E-state index is 12.5. The van der Waals surface area contributed by atoms with Gasteiger partial charge in [0.2, 0.25) is 10.0 Å². The van der Waals surface area contributed by atoms with Gasteiger partial charge < -0.3 is 5.11 Å². The molecule has 1 aromatic carbocycles. The van der Waals surface area contributed by atoms with E-state index in [1.807, 2.05) is 19.1 Å². The molecule has 20 heavy (non-hydrogen) atoms. The molecule has 0 saturated carbocycles. The van der Waals surface area contributed by atoms with Crippen LogP contribution in [0.2, 0.25) is 0 Å². The van der Waals surface area contributed by atoms with E-state index in [4.69, 9.17) is 5.11 Å². The molecule has 0 aromatic heterocycles. The number of benzene rings is 1. The van der Waals surface area contributed by atoms with E-state index < -0.39 is 10.0 Å². The first-order chi connectivity index (χ1) is 9.57. The summed E-state index contributed by atoms with van der Waals surface area (Å²) in [5.41, 5.74) is 1.14. The third kappa shape index (κ3) is 3.38. The zero-order valence-corrected chi connectivity index (χ0v) is 12.6. The molecule has 0 spiro atoms. The Balaban J connectivity index is 2.07. The first kappa shape index (κ1) is 15.4. The van der Waals surface area contributed by atoms with E-state index in [9.17, 15) is 8.42 Å². The van der Waals surface area contributed by atoms with Crippen LogP contribution in [0.15, 0.2) is 29.2 Å². The molecule has 0 atom stereocenters. The molecule has 0 amide bonds. The maximum Gasteiger partial charge on any atom is 0.243 e. The molecule has 0 bridgehead atoms. The van der Waals surface area contributed by atoms with E-state index in [1.165, 1.54) is 4.31 Å². The number of β-amino-alcohol motifs (C(OH)–C–C–N with tert-alkyl or cyclic N) is 1. The number of hydrogen-bond acceptors (Lipinski definition) is 4. The summed E-state index contributed by atoms with van der Waals surface area (Å²) >= 11 is 0. The van der Waals surface area contributed by atoms with Crippen LogP contribution in [0.3, 0.4) is 0 Å². The SMILES string of the molecule is CCc1ccc(S(=O)(=O)N2CCN(CCO)CC2)cc1. The van der Waals surface area contributed by atoms with Gasteiger partial charge in [0.05, 0.1) is 11.5 Å². The van der Waals surface area contributed by atoms with Gasteiger partial charge in [-0.15, -0.1) is 0 Å². The highest BCUT2D eigenvalue weighted by Crippen LogP contribution is 2.18. The van der Waals surface area contributed by atoms with Crippen LogP contribution >= 0.6 is 0 Å². The Morgan fingerprint density at radius 3 is 2.20 bits per heavy atom. The quantitative estimate of drug-likeness (QED) is 0.862. The summed E-state index contributed by atoms with van der Waals surface area (Å²) in [7, 11) is -3.38. The number of sulfonamides is 1. The molecule has 112 valence electrons. The van der Waals surface area contributed by atoms with Crippen molar-refractivity contribution in [1.82, 2.24) is 9.21 Å². The number of piperazine rings is 1. The highest BCUT2D eigenvalue weighted by atomic mass is 32.2. The number of nitrogens with zero attached hydrogens (tertiary/aromatic N) is 2. The summed E-state index contributed by atoms with van der Waals surface area (Å²) < 4.78 is 26.5. The van der Waals surface area contributed by atoms with Gasteiger partial charge in [0.25, 0.3) is 0 Å². The monoisotopic (exact) mass is 298 g/mol. The Morgan fingerprint density at radius 1 is 1.10 bits per heavy atom. The predicted molar refractivity (Wildman–Crippen MR) is 78.1 cm³/mol. The lowest BCUT2D eigenvalue weighted by Crippen LogP contribution is -2.49. The fourth-order valence-corrected chi connectivity index (χ4v) is 3.80. The van der Waals surface area contributed by atoms with Crippen LogP contribution < -0.4 is 0 Å². The van der Waals surface area contributed by atoms with Gasteiger partial charge >= 0.3 is 0 Å². The Morgan fingerprint density at radius 2 is 1.70 bits per heavy atom. The van der Waals surface area contributed by atoms with Gasteiger partial charge in [0.15, 0.2) is 0 Å². The van der Waals surface area contributed by atoms with Crippen molar-refractivity contribution >= 4 is 10.0 Å². The summed E-state index contributed by atoms with van der Waals surface area (Å²) in [4.78, 5) is 2.44. The molecule has 1 fully saturated rings. The van der Waals surface area contributed by atoms with E-state index in [0.29, 0.717) is 37.6 Å². The smallest absolute Gasteiger partial charge is 0.243 e. The highest BCUT2D eigenvalue weighted by molar-refractivity contribution is 7.89. The van der Waals surface area contributed by atoms with Crippen LogP contribution in [0, 0.1) is 0 Å². The average molecular weight is 298 g/mol. The van der Waals surface area contributed by atoms with Gasteiger partial charge in [-0.2, -0.15) is 4.31 Å². The predicted octanol–water partition coefficient (Wildman–Crippen LogP) is 0.548. The van der Waals surface area contributed by atoms with E-state index in [-0.39, 0.29) is 6.61 Å². The Bertz CT molecular complexity index is 520. The van der Waals surface area contributed by atoms with Crippen LogP contribution in [0.25, 0.3) is 0 Å². The second kappa shape index (κ2) is 6.67. The summed E-state index contributed by atoms with van der Waals surface area (Å²) in [6.45, 7) is 5.09. The van der Waals surface area contributed by atoms with Gasteiger partial charge in [0, 0.05) is 32.7 Å². The van der Waals surface area contributed by atoms with Crippen LogP contribution in [-0.4, -0.2) is 62.1 Å². The normalized spacial score (nSPS) is 18.3. The lowest BCUT2D eigenvalue weighted by atomic mass is 10.2. The lowest BCUT2D eigenvalue weighted by molar-refractivity contribution is 0.151. The molecule has 1 aliphatic rings. The van der Waals surface area contributed by atoms with Crippen molar-refractivity contribution < 1.29 is 13.5 Å². The molecule has 1 aliphatic heterocycles. The standard InChI is InChI=1S/C14H22N2O3S/c1-2-13-3-5-14(6-4-13)20(18,19)16-9-7-15(8-10-16)11-12-17/h3-6,17H,2,7-12H2,1H3. The van der Waals surface area contributed by atoms with Gasteiger partial charge in [-0.25, -0.2) is 8.42 Å². The van der Waals surface area contributed by atoms with Crippen molar-refractivity contribution in [1.29, 1.82) is 0 Å². The minimum absolute atomic E-state index is 0.116. The van der Waals surface area contributed by atoms with Gasteiger partial charge in [-0.05, 0) is 24.1 Å². The van der Waals surface area contributed by atoms with Crippen LogP contribution in [0.5, 0.6) is 0 Å². The fourth-order valence-electron chi connectivity index (χ4n) is 2.38. The zero-order valence-electron chi connectivity index (χ0n) is 11.8. The topological polar surface area (TPSA) is 60.9 Å². The Labute approximate surface area is 120 Å². The molecule has 1 heterocycles. The van der Waals surface area contributed by atoms with Crippen molar-refractivity contribution in [2.75, 3.05) is 39.3 Å². The summed E-state index contributed by atoms with van der Waals surface area (Å²) in [6.07, 6.45) is 0.903. The number of aryl methyl sites for hydroxylation is 1. The molecular weight excluding hydrogens is 276 g/mol. The first-order valence-corrected chi connectivity index (χ1v) is 8.44. The molecule has 2 rings (SSSR count). The summed E-state index contributed by atoms with van der Waals surface area (Å²) in [5, 5.41) is 8.90. The van der Waals surface area contributed by atoms with Crippen molar-refractivity contribution in [2.45, 2.75) is 18.2 Å². The van der Waals surface area contributed by atoms with Crippen molar-refractivity contribution in [3.05, 3.63) is 29.8 Å².